The topological polar surface area (TPSA) is 63.3 Å². The molecule has 0 aromatic heterocycles. The molecule has 0 saturated heterocycles. The highest BCUT2D eigenvalue weighted by Gasteiger charge is 1.95. The Morgan fingerprint density at radius 3 is 2.55 bits per heavy atom. The zero-order valence-corrected chi connectivity index (χ0v) is 12.6. The van der Waals surface area contributed by atoms with E-state index >= 15 is 0 Å². The van der Waals surface area contributed by atoms with Crippen molar-refractivity contribution in [1.82, 2.24) is 0 Å². The molecule has 0 aliphatic rings. The van der Waals surface area contributed by atoms with Crippen molar-refractivity contribution in [3.8, 4) is 23.7 Å². The second-order valence-electron chi connectivity index (χ2n) is 4.45. The number of benzene rings is 2. The number of carbonyl (C=O) groups is 1. The summed E-state index contributed by atoms with van der Waals surface area (Å²) in [5.41, 5.74) is 6.83. The zero-order chi connectivity index (χ0) is 16.2. The van der Waals surface area contributed by atoms with Crippen LogP contribution in [-0.4, -0.2) is 11.1 Å². The summed E-state index contributed by atoms with van der Waals surface area (Å²) in [6.07, 6.45) is 1.75. The van der Waals surface area contributed by atoms with Gasteiger partial charge in [-0.25, -0.2) is 4.79 Å². The molecule has 3 nitrogen and oxygen atoms in total. The third-order valence-electron chi connectivity index (χ3n) is 2.80. The van der Waals surface area contributed by atoms with Crippen molar-refractivity contribution in [3.05, 3.63) is 48.0 Å². The Morgan fingerprint density at radius 1 is 1.14 bits per heavy atom. The molecule has 0 saturated carbocycles. The number of hydrogen-bond donors (Lipinski definition) is 2. The second kappa shape index (κ2) is 10.0. The molecule has 2 aromatic rings. The molecule has 0 amide bonds. The number of nitrogens with two attached hydrogens (primary N) is 1. The third kappa shape index (κ3) is 6.13. The van der Waals surface area contributed by atoms with Gasteiger partial charge >= 0.3 is 5.97 Å². The molecular weight excluding hydrogens is 274 g/mol. The number of hydrogen-bond acceptors (Lipinski definition) is 2. The predicted octanol–water partition coefficient (Wildman–Crippen LogP) is 3.18. The van der Waals surface area contributed by atoms with E-state index in [0.717, 1.165) is 12.8 Å². The van der Waals surface area contributed by atoms with E-state index in [1.54, 1.807) is 0 Å². The van der Waals surface area contributed by atoms with E-state index in [1.165, 1.54) is 16.3 Å². The maximum atomic E-state index is 9.79. The van der Waals surface area contributed by atoms with Crippen LogP contribution in [-0.2, 0) is 11.3 Å². The third-order valence-corrected chi connectivity index (χ3v) is 2.80. The van der Waals surface area contributed by atoms with E-state index in [1.807, 2.05) is 31.0 Å². The number of aliphatic carboxylic acids is 1. The van der Waals surface area contributed by atoms with Gasteiger partial charge in [-0.15, -0.1) is 0 Å². The minimum Gasteiger partial charge on any atom is -0.472 e. The first-order chi connectivity index (χ1) is 10.7. The van der Waals surface area contributed by atoms with Crippen LogP contribution < -0.4 is 5.73 Å². The maximum Gasteiger partial charge on any atom is 0.382 e. The Bertz CT molecular complexity index is 737. The van der Waals surface area contributed by atoms with Crippen LogP contribution in [0.3, 0.4) is 0 Å². The first-order valence-corrected chi connectivity index (χ1v) is 7.07. The molecule has 3 N–H and O–H groups in total. The molecule has 0 heterocycles. The van der Waals surface area contributed by atoms with Gasteiger partial charge in [0, 0.05) is 18.9 Å². The van der Waals surface area contributed by atoms with E-state index in [4.69, 9.17) is 10.8 Å². The van der Waals surface area contributed by atoms with Gasteiger partial charge in [-0.1, -0.05) is 55.3 Å². The molecule has 3 heteroatoms. The van der Waals surface area contributed by atoms with E-state index in [0.29, 0.717) is 6.54 Å². The standard InChI is InChI=1S/C11H11N.C8H8O2/c12-8-10-6-3-5-9-4-1-2-7-11(9)10;1-2-3-4-5-6-7-8(9)10/h1-7H,8,12H2;2-3H2,1H3,(H,9,10). The molecule has 0 aliphatic heterocycles. The summed E-state index contributed by atoms with van der Waals surface area (Å²) in [5.74, 6) is 8.10. The van der Waals surface area contributed by atoms with Crippen LogP contribution in [0.5, 0.6) is 0 Å². The average Bonchev–Trinajstić information content (AvgIpc) is 2.54. The molecule has 0 fully saturated rings. The van der Waals surface area contributed by atoms with Gasteiger partial charge in [-0.3, -0.25) is 0 Å². The summed E-state index contributed by atoms with van der Waals surface area (Å²) < 4.78 is 0. The Balaban J connectivity index is 0.000000225. The highest BCUT2D eigenvalue weighted by atomic mass is 16.4. The van der Waals surface area contributed by atoms with Gasteiger partial charge in [0.2, 0.25) is 0 Å². The lowest BCUT2D eigenvalue weighted by molar-refractivity contribution is -0.130. The maximum absolute atomic E-state index is 9.79. The number of unbranched alkanes of at least 4 members (excludes halogenated alkanes) is 1. The van der Waals surface area contributed by atoms with Crippen LogP contribution in [0.4, 0.5) is 0 Å². The molecule has 0 spiro atoms. The first kappa shape index (κ1) is 17.3. The fourth-order valence-corrected chi connectivity index (χ4v) is 1.79. The average molecular weight is 293 g/mol. The van der Waals surface area contributed by atoms with Gasteiger partial charge in [-0.05, 0) is 34.6 Å². The van der Waals surface area contributed by atoms with Crippen molar-refractivity contribution in [1.29, 1.82) is 0 Å². The number of rotatable bonds is 2. The monoisotopic (exact) mass is 293 g/mol. The molecule has 0 unspecified atom stereocenters. The smallest absolute Gasteiger partial charge is 0.382 e. The van der Waals surface area contributed by atoms with Gasteiger partial charge < -0.3 is 10.8 Å². The molecule has 0 radical (unpaired) electrons. The predicted molar refractivity (Wildman–Crippen MR) is 89.9 cm³/mol. The van der Waals surface area contributed by atoms with Crippen molar-refractivity contribution in [2.24, 2.45) is 5.73 Å². The lowest BCUT2D eigenvalue weighted by atomic mass is 10.1. The summed E-state index contributed by atoms with van der Waals surface area (Å²) >= 11 is 0. The quantitative estimate of drug-likeness (QED) is 0.836. The summed E-state index contributed by atoms with van der Waals surface area (Å²) in [4.78, 5) is 9.79. The van der Waals surface area contributed by atoms with Crippen molar-refractivity contribution in [3.63, 3.8) is 0 Å². The van der Waals surface area contributed by atoms with Gasteiger partial charge in [-0.2, -0.15) is 0 Å². The van der Waals surface area contributed by atoms with Crippen molar-refractivity contribution >= 4 is 16.7 Å². The van der Waals surface area contributed by atoms with E-state index < -0.39 is 5.97 Å². The number of carboxylic acids is 1. The van der Waals surface area contributed by atoms with Gasteiger partial charge in [0.25, 0.3) is 0 Å². The molecule has 2 aromatic carbocycles. The summed E-state index contributed by atoms with van der Waals surface area (Å²) in [6, 6.07) is 14.5. The Kier molecular flexibility index (Phi) is 7.90. The van der Waals surface area contributed by atoms with Crippen LogP contribution in [0.1, 0.15) is 25.3 Å². The molecule has 22 heavy (non-hydrogen) atoms. The molecule has 0 atom stereocenters. The fourth-order valence-electron chi connectivity index (χ4n) is 1.79. The minimum atomic E-state index is -1.13. The van der Waals surface area contributed by atoms with E-state index in [9.17, 15) is 4.79 Å². The zero-order valence-electron chi connectivity index (χ0n) is 12.6. The van der Waals surface area contributed by atoms with Crippen molar-refractivity contribution in [2.45, 2.75) is 26.3 Å². The van der Waals surface area contributed by atoms with Crippen LogP contribution in [0.15, 0.2) is 42.5 Å². The van der Waals surface area contributed by atoms with E-state index in [2.05, 4.69) is 42.0 Å². The van der Waals surface area contributed by atoms with Gasteiger partial charge in [0.15, 0.2) is 0 Å². The Labute approximate surface area is 131 Å². The number of carboxylic acid groups (broad SMARTS) is 1. The highest BCUT2D eigenvalue weighted by Crippen LogP contribution is 2.17. The minimum absolute atomic E-state index is 0.612. The molecule has 2 rings (SSSR count). The normalized spacial score (nSPS) is 8.64. The van der Waals surface area contributed by atoms with Crippen LogP contribution >= 0.6 is 0 Å². The summed E-state index contributed by atoms with van der Waals surface area (Å²) in [7, 11) is 0. The highest BCUT2D eigenvalue weighted by molar-refractivity contribution is 5.87. The lowest BCUT2D eigenvalue weighted by Crippen LogP contribution is -1.96. The van der Waals surface area contributed by atoms with Crippen molar-refractivity contribution in [2.75, 3.05) is 0 Å². The molecular formula is C19H19NO2. The van der Waals surface area contributed by atoms with Crippen LogP contribution in [0, 0.1) is 23.7 Å². The molecule has 112 valence electrons. The van der Waals surface area contributed by atoms with Gasteiger partial charge in [0.05, 0.1) is 0 Å². The second-order valence-corrected chi connectivity index (χ2v) is 4.45. The Morgan fingerprint density at radius 2 is 1.86 bits per heavy atom. The summed E-state index contributed by atoms with van der Waals surface area (Å²) in [6.45, 7) is 2.61. The first-order valence-electron chi connectivity index (χ1n) is 7.07. The van der Waals surface area contributed by atoms with Crippen LogP contribution in [0.25, 0.3) is 10.8 Å². The summed E-state index contributed by atoms with van der Waals surface area (Å²) in [5, 5.41) is 10.6. The Hall–Kier alpha value is -2.75. The number of fused-ring (bicyclic) bond motifs is 1. The van der Waals surface area contributed by atoms with E-state index in [-0.39, 0.29) is 0 Å². The molecule has 0 aliphatic carbocycles. The van der Waals surface area contributed by atoms with Gasteiger partial charge in [0.1, 0.15) is 0 Å². The van der Waals surface area contributed by atoms with Crippen molar-refractivity contribution < 1.29 is 9.90 Å². The SMILES string of the molecule is CCCC#CC#CC(=O)O.NCc1cccc2ccccc12. The largest absolute Gasteiger partial charge is 0.472 e. The molecule has 0 bridgehead atoms. The lowest BCUT2D eigenvalue weighted by Gasteiger charge is -2.02. The van der Waals surface area contributed by atoms with Crippen LogP contribution in [0.2, 0.25) is 0 Å². The fraction of sp³-hybridized carbons (Fsp3) is 0.211.